The van der Waals surface area contributed by atoms with Gasteiger partial charge in [0.25, 0.3) is 0 Å². The van der Waals surface area contributed by atoms with Crippen LogP contribution in [0.4, 0.5) is 16.4 Å². The number of fused-ring (bicyclic) bond motifs is 1. The monoisotopic (exact) mass is 518 g/mol. The zero-order valence-corrected chi connectivity index (χ0v) is 22.5. The van der Waals surface area contributed by atoms with E-state index in [1.165, 1.54) is 6.33 Å². The van der Waals surface area contributed by atoms with Gasteiger partial charge in [-0.05, 0) is 44.9 Å². The second-order valence-corrected chi connectivity index (χ2v) is 10.9. The van der Waals surface area contributed by atoms with Crippen LogP contribution in [0.15, 0.2) is 36.7 Å². The molecule has 2 aliphatic heterocycles. The van der Waals surface area contributed by atoms with Crippen molar-refractivity contribution in [3.05, 3.63) is 53.5 Å². The first-order chi connectivity index (χ1) is 18.0. The number of hydrogen-bond acceptors (Lipinski definition) is 7. The highest BCUT2D eigenvalue weighted by molar-refractivity contribution is 5.77. The number of amides is 3. The molecule has 0 saturated carbocycles. The molecule has 0 aliphatic carbocycles. The molecule has 0 spiro atoms. The summed E-state index contributed by atoms with van der Waals surface area (Å²) in [5.74, 6) is 1.28. The zero-order chi connectivity index (χ0) is 27.0. The molecule has 3 aromatic rings. The molecular weight excluding hydrogens is 484 g/mol. The zero-order valence-electron chi connectivity index (χ0n) is 22.5. The van der Waals surface area contributed by atoms with Crippen LogP contribution in [-0.4, -0.2) is 73.3 Å². The average Bonchev–Trinajstić information content (AvgIpc) is 3.20. The lowest BCUT2D eigenvalue weighted by molar-refractivity contribution is -0.132. The van der Waals surface area contributed by atoms with Crippen LogP contribution in [0, 0.1) is 6.92 Å². The molecule has 0 atom stereocenters. The SMILES string of the molecule is Cc1cc(-c2cc(Nc3cc4n(n3)CC(=O)N(C)C4)ncn2)ccc1CNC(=O)N1CC(OC(C)(C)C)C1. The van der Waals surface area contributed by atoms with Crippen LogP contribution >= 0.6 is 0 Å². The lowest BCUT2D eigenvalue weighted by Crippen LogP contribution is -2.59. The molecule has 0 unspecified atom stereocenters. The third-order valence-corrected chi connectivity index (χ3v) is 6.62. The molecule has 1 saturated heterocycles. The van der Waals surface area contributed by atoms with E-state index < -0.39 is 0 Å². The van der Waals surface area contributed by atoms with E-state index in [0.29, 0.717) is 37.8 Å². The van der Waals surface area contributed by atoms with Crippen LogP contribution < -0.4 is 10.6 Å². The number of carbonyl (C=O) groups is 2. The number of aromatic nitrogens is 4. The first-order valence-electron chi connectivity index (χ1n) is 12.7. The van der Waals surface area contributed by atoms with Crippen LogP contribution in [0.2, 0.25) is 0 Å². The number of hydrogen-bond donors (Lipinski definition) is 2. The highest BCUT2D eigenvalue weighted by Crippen LogP contribution is 2.25. The van der Waals surface area contributed by atoms with Crippen LogP contribution in [0.1, 0.15) is 37.6 Å². The van der Waals surface area contributed by atoms with Crippen molar-refractivity contribution >= 4 is 23.6 Å². The number of benzene rings is 1. The maximum Gasteiger partial charge on any atom is 0.317 e. The van der Waals surface area contributed by atoms with Crippen LogP contribution in [0.5, 0.6) is 0 Å². The number of nitrogens with one attached hydrogen (secondary N) is 2. The van der Waals surface area contributed by atoms with Crippen molar-refractivity contribution in [1.82, 2.24) is 34.9 Å². The quantitative estimate of drug-likeness (QED) is 0.515. The van der Waals surface area contributed by atoms with Gasteiger partial charge in [0.05, 0.1) is 42.7 Å². The molecule has 38 heavy (non-hydrogen) atoms. The molecule has 200 valence electrons. The van der Waals surface area contributed by atoms with Crippen molar-refractivity contribution in [1.29, 1.82) is 0 Å². The minimum absolute atomic E-state index is 0.0368. The van der Waals surface area contributed by atoms with Gasteiger partial charge in [0.2, 0.25) is 5.91 Å². The number of likely N-dealkylation sites (tertiary alicyclic amines) is 1. The van der Waals surface area contributed by atoms with Crippen LogP contribution in [-0.2, 0) is 29.2 Å². The summed E-state index contributed by atoms with van der Waals surface area (Å²) >= 11 is 0. The van der Waals surface area contributed by atoms with Crippen molar-refractivity contribution in [2.75, 3.05) is 25.5 Å². The van der Waals surface area contributed by atoms with E-state index in [-0.39, 0.29) is 30.2 Å². The molecule has 0 radical (unpaired) electrons. The minimum atomic E-state index is -0.204. The predicted octanol–water partition coefficient (Wildman–Crippen LogP) is 3.07. The Morgan fingerprint density at radius 1 is 1.11 bits per heavy atom. The molecule has 2 aromatic heterocycles. The lowest BCUT2D eigenvalue weighted by atomic mass is 10.0. The molecule has 11 nitrogen and oxygen atoms in total. The highest BCUT2D eigenvalue weighted by atomic mass is 16.5. The van der Waals surface area contributed by atoms with Crippen molar-refractivity contribution in [3.8, 4) is 11.3 Å². The Kier molecular flexibility index (Phi) is 6.78. The van der Waals surface area contributed by atoms with E-state index in [0.717, 1.165) is 28.1 Å². The first-order valence-corrected chi connectivity index (χ1v) is 12.7. The van der Waals surface area contributed by atoms with E-state index in [9.17, 15) is 9.59 Å². The number of anilines is 2. The van der Waals surface area contributed by atoms with Crippen LogP contribution in [0.25, 0.3) is 11.3 Å². The van der Waals surface area contributed by atoms with E-state index >= 15 is 0 Å². The summed E-state index contributed by atoms with van der Waals surface area (Å²) in [6.45, 7) is 10.5. The highest BCUT2D eigenvalue weighted by Gasteiger charge is 2.34. The van der Waals surface area contributed by atoms with Crippen molar-refractivity contribution in [2.24, 2.45) is 0 Å². The molecule has 11 heteroatoms. The van der Waals surface area contributed by atoms with Gasteiger partial charge in [0, 0.05) is 31.3 Å². The fourth-order valence-electron chi connectivity index (χ4n) is 4.59. The Labute approximate surface area is 222 Å². The van der Waals surface area contributed by atoms with E-state index in [2.05, 4.69) is 31.8 Å². The summed E-state index contributed by atoms with van der Waals surface area (Å²) in [6, 6.07) is 9.78. The summed E-state index contributed by atoms with van der Waals surface area (Å²) < 4.78 is 7.62. The van der Waals surface area contributed by atoms with Gasteiger partial charge in [0.1, 0.15) is 18.7 Å². The normalized spacial score (nSPS) is 15.8. The summed E-state index contributed by atoms with van der Waals surface area (Å²) in [7, 11) is 1.79. The van der Waals surface area contributed by atoms with E-state index in [1.54, 1.807) is 21.5 Å². The maximum absolute atomic E-state index is 12.5. The summed E-state index contributed by atoms with van der Waals surface area (Å²) in [6.07, 6.45) is 1.61. The second-order valence-electron chi connectivity index (χ2n) is 10.9. The van der Waals surface area contributed by atoms with Crippen molar-refractivity contribution in [2.45, 2.75) is 59.0 Å². The van der Waals surface area contributed by atoms with Gasteiger partial charge in [-0.1, -0.05) is 12.1 Å². The number of likely N-dealkylation sites (N-methyl/N-ethyl adjacent to an activating group) is 1. The molecule has 1 aromatic carbocycles. The topological polar surface area (TPSA) is 118 Å². The largest absolute Gasteiger partial charge is 0.369 e. The predicted molar refractivity (Wildman–Crippen MR) is 143 cm³/mol. The van der Waals surface area contributed by atoms with Gasteiger partial charge in [0.15, 0.2) is 5.82 Å². The number of carbonyl (C=O) groups excluding carboxylic acids is 2. The molecule has 1 fully saturated rings. The molecule has 4 heterocycles. The maximum atomic E-state index is 12.5. The van der Waals surface area contributed by atoms with Gasteiger partial charge in [-0.2, -0.15) is 5.10 Å². The standard InChI is InChI=1S/C27H34N8O3/c1-17-8-18(6-7-19(17)11-28-26(37)34-13-21(14-34)38-27(2,3)4)22-10-23(30-16-29-22)31-24-9-20-12-33(5)25(36)15-35(20)32-24/h6-10,16,21H,11-15H2,1-5H3,(H,28,37)(H,29,30,31,32). The average molecular weight is 519 g/mol. The first kappa shape index (κ1) is 25.7. The third kappa shape index (κ3) is 5.77. The van der Waals surface area contributed by atoms with Gasteiger partial charge in [-0.25, -0.2) is 14.8 Å². The fraction of sp³-hybridized carbons (Fsp3) is 0.444. The second kappa shape index (κ2) is 10.1. The Balaban J connectivity index is 1.19. The Morgan fingerprint density at radius 3 is 2.63 bits per heavy atom. The lowest BCUT2D eigenvalue weighted by Gasteiger charge is -2.41. The Hall–Kier alpha value is -3.99. The summed E-state index contributed by atoms with van der Waals surface area (Å²) in [5, 5.41) is 10.7. The third-order valence-electron chi connectivity index (χ3n) is 6.62. The minimum Gasteiger partial charge on any atom is -0.369 e. The summed E-state index contributed by atoms with van der Waals surface area (Å²) in [5.41, 5.74) is 4.58. The van der Waals surface area contributed by atoms with Crippen molar-refractivity contribution in [3.63, 3.8) is 0 Å². The number of nitrogens with zero attached hydrogens (tertiary/aromatic N) is 6. The molecule has 2 aliphatic rings. The van der Waals surface area contributed by atoms with Gasteiger partial charge in [-0.3, -0.25) is 9.48 Å². The Bertz CT molecular complexity index is 1360. The fourth-order valence-corrected chi connectivity index (χ4v) is 4.59. The van der Waals surface area contributed by atoms with Gasteiger partial charge in [-0.15, -0.1) is 0 Å². The number of urea groups is 1. The number of ether oxygens (including phenoxy) is 1. The van der Waals surface area contributed by atoms with E-state index in [1.807, 2.05) is 52.0 Å². The molecule has 5 rings (SSSR count). The van der Waals surface area contributed by atoms with E-state index in [4.69, 9.17) is 4.74 Å². The van der Waals surface area contributed by atoms with Gasteiger partial charge >= 0.3 is 6.03 Å². The smallest absolute Gasteiger partial charge is 0.317 e. The molecular formula is C27H34N8O3. The summed E-state index contributed by atoms with van der Waals surface area (Å²) in [4.78, 5) is 36.7. The van der Waals surface area contributed by atoms with Crippen molar-refractivity contribution < 1.29 is 14.3 Å². The molecule has 0 bridgehead atoms. The Morgan fingerprint density at radius 2 is 1.89 bits per heavy atom. The number of aryl methyl sites for hydroxylation is 1. The van der Waals surface area contributed by atoms with Gasteiger partial charge < -0.3 is 25.2 Å². The van der Waals surface area contributed by atoms with Crippen LogP contribution in [0.3, 0.4) is 0 Å². The molecule has 3 amide bonds. The molecule has 2 N–H and O–H groups in total. The number of rotatable bonds is 6.